The maximum atomic E-state index is 12.5. The highest BCUT2D eigenvalue weighted by molar-refractivity contribution is 5.91. The number of aromatic nitrogens is 2. The van der Waals surface area contributed by atoms with E-state index in [0.717, 1.165) is 0 Å². The van der Waals surface area contributed by atoms with Crippen LogP contribution in [0.3, 0.4) is 0 Å². The summed E-state index contributed by atoms with van der Waals surface area (Å²) in [5.74, 6) is -1.06. The van der Waals surface area contributed by atoms with Gasteiger partial charge in [0.1, 0.15) is 5.41 Å². The molecule has 1 amide bonds. The van der Waals surface area contributed by atoms with Gasteiger partial charge < -0.3 is 19.7 Å². The van der Waals surface area contributed by atoms with Crippen molar-refractivity contribution in [2.45, 2.75) is 32.3 Å². The van der Waals surface area contributed by atoms with Crippen molar-refractivity contribution in [1.29, 1.82) is 0 Å². The lowest BCUT2D eigenvalue weighted by Crippen LogP contribution is -2.57. The zero-order valence-corrected chi connectivity index (χ0v) is 12.3. The Kier molecular flexibility index (Phi) is 4.32. The zero-order chi connectivity index (χ0) is 15.6. The molecule has 0 aliphatic carbocycles. The Balaban J connectivity index is 2.26. The molecule has 7 nitrogen and oxygen atoms in total. The molecule has 0 aromatic carbocycles. The van der Waals surface area contributed by atoms with Crippen LogP contribution in [-0.4, -0.2) is 55.7 Å². The van der Waals surface area contributed by atoms with Crippen LogP contribution in [0, 0.1) is 5.41 Å². The van der Waals surface area contributed by atoms with Crippen molar-refractivity contribution >= 4 is 11.9 Å². The van der Waals surface area contributed by atoms with Crippen LogP contribution in [0.4, 0.5) is 0 Å². The molecule has 0 saturated carbocycles. The van der Waals surface area contributed by atoms with Gasteiger partial charge in [-0.1, -0.05) is 13.3 Å². The van der Waals surface area contributed by atoms with Crippen molar-refractivity contribution in [2.75, 3.05) is 13.1 Å². The molecule has 1 aliphatic rings. The lowest BCUT2D eigenvalue weighted by atomic mass is 9.74. The average molecular weight is 295 g/mol. The van der Waals surface area contributed by atoms with Gasteiger partial charge in [0.15, 0.2) is 5.82 Å². The number of carboxylic acid groups (broad SMARTS) is 1. The normalized spacial score (nSPS) is 25.9. The highest BCUT2D eigenvalue weighted by atomic mass is 16.4. The molecule has 0 unspecified atom stereocenters. The van der Waals surface area contributed by atoms with Gasteiger partial charge in [-0.2, -0.15) is 0 Å². The summed E-state index contributed by atoms with van der Waals surface area (Å²) in [5, 5.41) is 19.7. The lowest BCUT2D eigenvalue weighted by molar-refractivity contribution is -0.162. The molecule has 2 heterocycles. The molecule has 1 aromatic heterocycles. The van der Waals surface area contributed by atoms with Gasteiger partial charge in [0.25, 0.3) is 5.91 Å². The highest BCUT2D eigenvalue weighted by Gasteiger charge is 2.49. The van der Waals surface area contributed by atoms with Crippen LogP contribution in [-0.2, 0) is 11.8 Å². The topological polar surface area (TPSA) is 95.7 Å². The summed E-state index contributed by atoms with van der Waals surface area (Å²) in [7, 11) is 1.72. The lowest BCUT2D eigenvalue weighted by Gasteiger charge is -2.43. The van der Waals surface area contributed by atoms with E-state index in [2.05, 4.69) is 4.98 Å². The molecule has 2 N–H and O–H groups in total. The highest BCUT2D eigenvalue weighted by Crippen LogP contribution is 2.35. The number of hydrogen-bond donors (Lipinski definition) is 2. The first-order valence-electron chi connectivity index (χ1n) is 7.10. The number of carboxylic acids is 1. The average Bonchev–Trinajstić information content (AvgIpc) is 2.86. The number of aliphatic hydroxyl groups is 1. The van der Waals surface area contributed by atoms with Crippen molar-refractivity contribution in [2.24, 2.45) is 12.5 Å². The molecule has 116 valence electrons. The Hall–Kier alpha value is -1.89. The summed E-state index contributed by atoms with van der Waals surface area (Å²) in [6.07, 6.45) is 3.51. The first-order valence-corrected chi connectivity index (χ1v) is 7.10. The minimum atomic E-state index is -1.28. The van der Waals surface area contributed by atoms with Crippen molar-refractivity contribution in [3.63, 3.8) is 0 Å². The predicted octanol–water partition coefficient (Wildman–Crippen LogP) is 0.498. The van der Waals surface area contributed by atoms with E-state index in [-0.39, 0.29) is 24.7 Å². The monoisotopic (exact) mass is 295 g/mol. The van der Waals surface area contributed by atoms with E-state index >= 15 is 0 Å². The number of nitrogens with zero attached hydrogens (tertiary/aromatic N) is 3. The summed E-state index contributed by atoms with van der Waals surface area (Å²) in [6.45, 7) is 2.23. The first kappa shape index (κ1) is 15.5. The molecule has 21 heavy (non-hydrogen) atoms. The van der Waals surface area contributed by atoms with Crippen LogP contribution in [0.5, 0.6) is 0 Å². The third kappa shape index (κ3) is 2.65. The van der Waals surface area contributed by atoms with E-state index in [4.69, 9.17) is 0 Å². The number of rotatable bonds is 4. The fourth-order valence-corrected chi connectivity index (χ4v) is 2.97. The van der Waals surface area contributed by atoms with Gasteiger partial charge in [-0.05, 0) is 12.8 Å². The van der Waals surface area contributed by atoms with Gasteiger partial charge in [-0.15, -0.1) is 0 Å². The van der Waals surface area contributed by atoms with Gasteiger partial charge in [0.2, 0.25) is 0 Å². The molecule has 2 rings (SSSR count). The number of carbonyl (C=O) groups excluding carboxylic acids is 1. The number of aliphatic carboxylic acids is 1. The van der Waals surface area contributed by atoms with Gasteiger partial charge in [0.05, 0.1) is 6.10 Å². The minimum absolute atomic E-state index is 0.0169. The summed E-state index contributed by atoms with van der Waals surface area (Å²) in [6, 6.07) is 0. The van der Waals surface area contributed by atoms with Gasteiger partial charge >= 0.3 is 5.97 Å². The van der Waals surface area contributed by atoms with E-state index in [0.29, 0.717) is 19.4 Å². The molecule has 2 atom stereocenters. The molecule has 0 bridgehead atoms. The smallest absolute Gasteiger partial charge is 0.314 e. The molecule has 1 fully saturated rings. The first-order chi connectivity index (χ1) is 9.92. The maximum Gasteiger partial charge on any atom is 0.314 e. The molecule has 0 radical (unpaired) electrons. The second-order valence-corrected chi connectivity index (χ2v) is 5.60. The van der Waals surface area contributed by atoms with Crippen LogP contribution >= 0.6 is 0 Å². The number of likely N-dealkylation sites (tertiary alicyclic amines) is 1. The third-order valence-electron chi connectivity index (χ3n) is 4.21. The Labute approximate surface area is 123 Å². The Morgan fingerprint density at radius 3 is 2.76 bits per heavy atom. The SMILES string of the molecule is CCC[C@@]1(C(=O)O)CN(C(=O)c2nccn2C)CC[C@@H]1O. The molecule has 1 aliphatic heterocycles. The van der Waals surface area contributed by atoms with Crippen LogP contribution in [0.25, 0.3) is 0 Å². The minimum Gasteiger partial charge on any atom is -0.481 e. The number of piperidine rings is 1. The Morgan fingerprint density at radius 2 is 2.24 bits per heavy atom. The second kappa shape index (κ2) is 5.85. The number of aryl methyl sites for hydroxylation is 1. The van der Waals surface area contributed by atoms with Crippen LogP contribution in [0.15, 0.2) is 12.4 Å². The van der Waals surface area contributed by atoms with E-state index in [1.54, 1.807) is 17.8 Å². The molecular formula is C14H21N3O4. The quantitative estimate of drug-likeness (QED) is 0.843. The largest absolute Gasteiger partial charge is 0.481 e. The predicted molar refractivity (Wildman–Crippen MR) is 74.7 cm³/mol. The number of aliphatic hydroxyl groups excluding tert-OH is 1. The van der Waals surface area contributed by atoms with E-state index in [1.165, 1.54) is 11.1 Å². The maximum absolute atomic E-state index is 12.5. The van der Waals surface area contributed by atoms with Crippen LogP contribution < -0.4 is 0 Å². The number of imidazole rings is 1. The van der Waals surface area contributed by atoms with E-state index in [9.17, 15) is 19.8 Å². The summed E-state index contributed by atoms with van der Waals surface area (Å²) in [4.78, 5) is 29.6. The van der Waals surface area contributed by atoms with Crippen LogP contribution in [0.2, 0.25) is 0 Å². The number of hydrogen-bond acceptors (Lipinski definition) is 4. The number of carbonyl (C=O) groups is 2. The van der Waals surface area contributed by atoms with Crippen molar-refractivity contribution in [3.05, 3.63) is 18.2 Å². The number of amides is 1. The molecule has 1 aromatic rings. The molecule has 1 saturated heterocycles. The van der Waals surface area contributed by atoms with Gasteiger partial charge in [0, 0.05) is 32.5 Å². The Morgan fingerprint density at radius 1 is 1.52 bits per heavy atom. The summed E-state index contributed by atoms with van der Waals surface area (Å²) in [5.41, 5.74) is -1.28. The third-order valence-corrected chi connectivity index (χ3v) is 4.21. The van der Waals surface area contributed by atoms with E-state index in [1.807, 2.05) is 6.92 Å². The molecular weight excluding hydrogens is 274 g/mol. The second-order valence-electron chi connectivity index (χ2n) is 5.60. The van der Waals surface area contributed by atoms with Crippen molar-refractivity contribution in [3.8, 4) is 0 Å². The van der Waals surface area contributed by atoms with E-state index < -0.39 is 17.5 Å². The summed E-state index contributed by atoms with van der Waals surface area (Å²) >= 11 is 0. The summed E-state index contributed by atoms with van der Waals surface area (Å²) < 4.78 is 1.61. The van der Waals surface area contributed by atoms with Gasteiger partial charge in [-0.3, -0.25) is 9.59 Å². The van der Waals surface area contributed by atoms with Crippen molar-refractivity contribution < 1.29 is 19.8 Å². The molecule has 7 heteroatoms. The van der Waals surface area contributed by atoms with Gasteiger partial charge in [-0.25, -0.2) is 4.98 Å². The van der Waals surface area contributed by atoms with Crippen LogP contribution in [0.1, 0.15) is 36.8 Å². The fourth-order valence-electron chi connectivity index (χ4n) is 2.97. The Bertz CT molecular complexity index is 542. The molecule has 0 spiro atoms. The fraction of sp³-hybridized carbons (Fsp3) is 0.643. The zero-order valence-electron chi connectivity index (χ0n) is 12.3. The standard InChI is InChI=1S/C14H21N3O4/c1-3-5-14(13(20)21)9-17(7-4-10(14)18)12(19)11-15-6-8-16(11)2/h6,8,10,18H,3-5,7,9H2,1-2H3,(H,20,21)/t10-,14+/m0/s1. The van der Waals surface area contributed by atoms with Crippen molar-refractivity contribution in [1.82, 2.24) is 14.5 Å².